The maximum absolute atomic E-state index is 13.5. The highest BCUT2D eigenvalue weighted by atomic mass is 35.5. The van der Waals surface area contributed by atoms with E-state index in [0.29, 0.717) is 29.5 Å². The fraction of sp³-hybridized carbons (Fsp3) is 0.280. The molecule has 2 aliphatic rings. The van der Waals surface area contributed by atoms with Crippen molar-refractivity contribution < 1.29 is 14.3 Å². The van der Waals surface area contributed by atoms with E-state index in [0.717, 1.165) is 36.3 Å². The van der Waals surface area contributed by atoms with Gasteiger partial charge in [-0.3, -0.25) is 9.78 Å². The summed E-state index contributed by atoms with van der Waals surface area (Å²) in [7, 11) is 0. The molecule has 32 heavy (non-hydrogen) atoms. The number of amides is 1. The van der Waals surface area contributed by atoms with E-state index in [1.165, 1.54) is 0 Å². The zero-order chi connectivity index (χ0) is 21.9. The molecule has 0 radical (unpaired) electrons. The van der Waals surface area contributed by atoms with Gasteiger partial charge in [0.05, 0.1) is 11.7 Å². The number of ether oxygens (including phenoxy) is 2. The SMILES string of the molecule is O=C1c2ccccc2NC(c2cc(Cl)ccc2OCc2cccnc2)N1CC1CCCO1. The fourth-order valence-corrected chi connectivity index (χ4v) is 4.42. The first-order valence-corrected chi connectivity index (χ1v) is 11.2. The molecule has 7 heteroatoms. The first-order chi connectivity index (χ1) is 15.7. The average Bonchev–Trinajstić information content (AvgIpc) is 3.34. The first-order valence-electron chi connectivity index (χ1n) is 10.8. The molecular weight excluding hydrogens is 426 g/mol. The molecule has 2 aromatic carbocycles. The lowest BCUT2D eigenvalue weighted by atomic mass is 10.0. The van der Waals surface area contributed by atoms with Gasteiger partial charge in [-0.1, -0.05) is 29.8 Å². The number of nitrogens with one attached hydrogen (secondary N) is 1. The van der Waals surface area contributed by atoms with E-state index in [2.05, 4.69) is 10.3 Å². The molecule has 0 aliphatic carbocycles. The van der Waals surface area contributed by atoms with Gasteiger partial charge in [0.2, 0.25) is 0 Å². The third-order valence-corrected chi connectivity index (χ3v) is 6.07. The number of halogens is 1. The molecule has 5 rings (SSSR count). The smallest absolute Gasteiger partial charge is 0.257 e. The van der Waals surface area contributed by atoms with Crippen molar-refractivity contribution in [1.29, 1.82) is 0 Å². The van der Waals surface area contributed by atoms with Crippen molar-refractivity contribution in [2.45, 2.75) is 31.7 Å². The van der Waals surface area contributed by atoms with E-state index in [1.54, 1.807) is 18.5 Å². The van der Waals surface area contributed by atoms with Crippen LogP contribution in [0.15, 0.2) is 67.0 Å². The summed E-state index contributed by atoms with van der Waals surface area (Å²) in [5.74, 6) is 0.637. The Morgan fingerprint density at radius 2 is 2.09 bits per heavy atom. The standard InChI is InChI=1S/C25H24ClN3O3/c26-18-9-10-23(32-16-17-5-3-11-27-14-17)21(13-18)24-28-22-8-2-1-7-20(22)25(30)29(24)15-19-6-4-12-31-19/h1-3,5,7-11,13-14,19,24,28H,4,6,12,15-16H2. The minimum atomic E-state index is -0.427. The number of fused-ring (bicyclic) bond motifs is 1. The maximum Gasteiger partial charge on any atom is 0.257 e. The Morgan fingerprint density at radius 1 is 1.19 bits per heavy atom. The van der Waals surface area contributed by atoms with Gasteiger partial charge in [0.25, 0.3) is 5.91 Å². The number of aromatic nitrogens is 1. The van der Waals surface area contributed by atoms with Crippen molar-refractivity contribution in [3.05, 3.63) is 88.7 Å². The summed E-state index contributed by atoms with van der Waals surface area (Å²) in [6.45, 7) is 1.60. The molecule has 2 aliphatic heterocycles. The molecular formula is C25H24ClN3O3. The summed E-state index contributed by atoms with van der Waals surface area (Å²) >= 11 is 6.39. The lowest BCUT2D eigenvalue weighted by Gasteiger charge is -2.39. The van der Waals surface area contributed by atoms with Crippen LogP contribution in [0.3, 0.4) is 0 Å². The van der Waals surface area contributed by atoms with Gasteiger partial charge in [0, 0.05) is 47.4 Å². The van der Waals surface area contributed by atoms with Crippen molar-refractivity contribution >= 4 is 23.2 Å². The number of nitrogens with zero attached hydrogens (tertiary/aromatic N) is 2. The van der Waals surface area contributed by atoms with Crippen LogP contribution in [-0.2, 0) is 11.3 Å². The number of hydrogen-bond acceptors (Lipinski definition) is 5. The van der Waals surface area contributed by atoms with Crippen LogP contribution in [0.4, 0.5) is 5.69 Å². The highest BCUT2D eigenvalue weighted by Gasteiger charge is 2.36. The predicted octanol–water partition coefficient (Wildman–Crippen LogP) is 5.06. The molecule has 0 saturated carbocycles. The van der Waals surface area contributed by atoms with E-state index in [-0.39, 0.29) is 12.0 Å². The maximum atomic E-state index is 13.5. The van der Waals surface area contributed by atoms with Crippen molar-refractivity contribution in [3.8, 4) is 5.75 Å². The predicted molar refractivity (Wildman–Crippen MR) is 123 cm³/mol. The minimum absolute atomic E-state index is 0.0208. The minimum Gasteiger partial charge on any atom is -0.488 e. The molecule has 0 bridgehead atoms. The second-order valence-electron chi connectivity index (χ2n) is 8.02. The molecule has 2 unspecified atom stereocenters. The monoisotopic (exact) mass is 449 g/mol. The number of pyridine rings is 1. The molecule has 3 aromatic rings. The number of anilines is 1. The van der Waals surface area contributed by atoms with Crippen LogP contribution in [0.5, 0.6) is 5.75 Å². The third-order valence-electron chi connectivity index (χ3n) is 5.83. The van der Waals surface area contributed by atoms with Gasteiger partial charge >= 0.3 is 0 Å². The number of para-hydroxylation sites is 1. The van der Waals surface area contributed by atoms with E-state index >= 15 is 0 Å². The van der Waals surface area contributed by atoms with Gasteiger partial charge in [-0.05, 0) is 49.2 Å². The van der Waals surface area contributed by atoms with Crippen molar-refractivity contribution in [2.75, 3.05) is 18.5 Å². The molecule has 1 N–H and O–H groups in total. The van der Waals surface area contributed by atoms with Gasteiger partial charge in [-0.2, -0.15) is 0 Å². The summed E-state index contributed by atoms with van der Waals surface area (Å²) in [6, 6.07) is 16.9. The van der Waals surface area contributed by atoms with Gasteiger partial charge in [0.15, 0.2) is 0 Å². The number of rotatable bonds is 6. The van der Waals surface area contributed by atoms with Crippen LogP contribution in [-0.4, -0.2) is 35.0 Å². The molecule has 3 heterocycles. The van der Waals surface area contributed by atoms with Crippen LogP contribution < -0.4 is 10.1 Å². The lowest BCUT2D eigenvalue weighted by molar-refractivity contribution is 0.0423. The van der Waals surface area contributed by atoms with E-state index < -0.39 is 6.17 Å². The zero-order valence-electron chi connectivity index (χ0n) is 17.5. The number of carbonyl (C=O) groups excluding carboxylic acids is 1. The number of hydrogen-bond donors (Lipinski definition) is 1. The van der Waals surface area contributed by atoms with Gasteiger partial charge in [0.1, 0.15) is 18.5 Å². The Bertz CT molecular complexity index is 1100. The first kappa shape index (κ1) is 20.8. The van der Waals surface area contributed by atoms with E-state index in [1.807, 2.05) is 53.4 Å². The van der Waals surface area contributed by atoms with Crippen molar-refractivity contribution in [2.24, 2.45) is 0 Å². The topological polar surface area (TPSA) is 63.7 Å². The average molecular weight is 450 g/mol. The van der Waals surface area contributed by atoms with Crippen LogP contribution in [0.2, 0.25) is 5.02 Å². The summed E-state index contributed by atoms with van der Waals surface area (Å²) in [5, 5.41) is 4.11. The van der Waals surface area contributed by atoms with Gasteiger partial charge in [-0.15, -0.1) is 0 Å². The highest BCUT2D eigenvalue weighted by molar-refractivity contribution is 6.30. The normalized spacial score (nSPS) is 20.0. The molecule has 1 fully saturated rings. The highest BCUT2D eigenvalue weighted by Crippen LogP contribution is 2.39. The van der Waals surface area contributed by atoms with Crippen molar-refractivity contribution in [1.82, 2.24) is 9.88 Å². The van der Waals surface area contributed by atoms with E-state index in [4.69, 9.17) is 21.1 Å². The molecule has 1 saturated heterocycles. The summed E-state index contributed by atoms with van der Waals surface area (Å²) in [4.78, 5) is 19.5. The second kappa shape index (κ2) is 9.18. The second-order valence-corrected chi connectivity index (χ2v) is 8.45. The Hall–Kier alpha value is -3.09. The third kappa shape index (κ3) is 4.29. The Labute approximate surface area is 192 Å². The Balaban J connectivity index is 1.50. The molecule has 2 atom stereocenters. The molecule has 6 nitrogen and oxygen atoms in total. The molecule has 1 amide bonds. The molecule has 1 aromatic heterocycles. The number of carbonyl (C=O) groups is 1. The lowest BCUT2D eigenvalue weighted by Crippen LogP contribution is -2.46. The van der Waals surface area contributed by atoms with Crippen LogP contribution in [0.25, 0.3) is 0 Å². The largest absolute Gasteiger partial charge is 0.488 e. The Morgan fingerprint density at radius 3 is 2.91 bits per heavy atom. The van der Waals surface area contributed by atoms with Crippen LogP contribution in [0, 0.1) is 0 Å². The summed E-state index contributed by atoms with van der Waals surface area (Å²) < 4.78 is 12.0. The summed E-state index contributed by atoms with van der Waals surface area (Å²) in [5.41, 5.74) is 3.22. The zero-order valence-corrected chi connectivity index (χ0v) is 18.3. The van der Waals surface area contributed by atoms with Crippen LogP contribution in [0.1, 0.15) is 40.5 Å². The Kier molecular flexibility index (Phi) is 5.97. The van der Waals surface area contributed by atoms with Gasteiger partial charge < -0.3 is 19.7 Å². The summed E-state index contributed by atoms with van der Waals surface area (Å²) in [6.07, 6.45) is 5.06. The number of benzene rings is 2. The van der Waals surface area contributed by atoms with Crippen LogP contribution >= 0.6 is 11.6 Å². The molecule has 0 spiro atoms. The fourth-order valence-electron chi connectivity index (χ4n) is 4.24. The van der Waals surface area contributed by atoms with E-state index in [9.17, 15) is 4.79 Å². The van der Waals surface area contributed by atoms with Gasteiger partial charge in [-0.25, -0.2) is 0 Å². The quantitative estimate of drug-likeness (QED) is 0.570. The van der Waals surface area contributed by atoms with Crippen molar-refractivity contribution in [3.63, 3.8) is 0 Å². The molecule has 164 valence electrons.